The molecule has 2 aromatic carbocycles. The standard InChI is InChI=1S/C24H34N2O4S2/c1-17-13-18(2)16-26(15-17)32(29,30)22-11-9-21(10-12-22)25-31(27,28)23-14-20(24(4,5)6)8-7-19(23)3/h7-12,14,17-18,25H,13,15-16H2,1-6H3. The summed E-state index contributed by atoms with van der Waals surface area (Å²) in [6.45, 7) is 13.0. The Hall–Kier alpha value is -1.90. The number of nitrogens with one attached hydrogen (secondary N) is 1. The van der Waals surface area contributed by atoms with Crippen molar-refractivity contribution in [3.05, 3.63) is 53.6 Å². The van der Waals surface area contributed by atoms with Gasteiger partial charge in [0, 0.05) is 18.8 Å². The van der Waals surface area contributed by atoms with E-state index in [1.165, 1.54) is 28.6 Å². The quantitative estimate of drug-likeness (QED) is 0.672. The number of hydrogen-bond acceptors (Lipinski definition) is 4. The van der Waals surface area contributed by atoms with Gasteiger partial charge in [-0.1, -0.05) is 46.8 Å². The number of rotatable bonds is 5. The van der Waals surface area contributed by atoms with Gasteiger partial charge in [-0.25, -0.2) is 16.8 Å². The molecule has 1 aliphatic heterocycles. The first-order valence-corrected chi connectivity index (χ1v) is 13.9. The van der Waals surface area contributed by atoms with Crippen molar-refractivity contribution in [2.45, 2.75) is 63.2 Å². The molecule has 2 atom stereocenters. The predicted molar refractivity (Wildman–Crippen MR) is 129 cm³/mol. The van der Waals surface area contributed by atoms with Crippen LogP contribution >= 0.6 is 0 Å². The van der Waals surface area contributed by atoms with Crippen molar-refractivity contribution >= 4 is 25.7 Å². The molecule has 8 heteroatoms. The number of anilines is 1. The van der Waals surface area contributed by atoms with Crippen molar-refractivity contribution < 1.29 is 16.8 Å². The smallest absolute Gasteiger partial charge is 0.262 e. The van der Waals surface area contributed by atoms with Gasteiger partial charge >= 0.3 is 0 Å². The minimum Gasteiger partial charge on any atom is -0.280 e. The van der Waals surface area contributed by atoms with Crippen molar-refractivity contribution in [3.8, 4) is 0 Å². The molecule has 1 saturated heterocycles. The number of aryl methyl sites for hydroxylation is 1. The maximum Gasteiger partial charge on any atom is 0.262 e. The summed E-state index contributed by atoms with van der Waals surface area (Å²) in [6, 6.07) is 11.4. The van der Waals surface area contributed by atoms with E-state index in [9.17, 15) is 16.8 Å². The minimum absolute atomic E-state index is 0.174. The molecule has 0 aliphatic carbocycles. The van der Waals surface area contributed by atoms with Gasteiger partial charge in [0.15, 0.2) is 0 Å². The summed E-state index contributed by atoms with van der Waals surface area (Å²) in [5, 5.41) is 0. The minimum atomic E-state index is -3.82. The molecule has 0 bridgehead atoms. The van der Waals surface area contributed by atoms with Gasteiger partial charge in [0.25, 0.3) is 10.0 Å². The van der Waals surface area contributed by atoms with Gasteiger partial charge in [-0.2, -0.15) is 4.31 Å². The number of nitrogens with zero attached hydrogens (tertiary/aromatic N) is 1. The van der Waals surface area contributed by atoms with Crippen molar-refractivity contribution in [1.29, 1.82) is 0 Å². The Morgan fingerprint density at radius 1 is 0.906 bits per heavy atom. The third-order valence-electron chi connectivity index (χ3n) is 5.92. The van der Waals surface area contributed by atoms with Crippen LogP contribution in [0.15, 0.2) is 52.3 Å². The fourth-order valence-corrected chi connectivity index (χ4v) is 7.22. The second kappa shape index (κ2) is 8.80. The van der Waals surface area contributed by atoms with Crippen LogP contribution < -0.4 is 4.72 Å². The van der Waals surface area contributed by atoms with E-state index in [4.69, 9.17) is 0 Å². The summed E-state index contributed by atoms with van der Waals surface area (Å²) in [5.41, 5.74) is 1.72. The molecule has 2 unspecified atom stereocenters. The second-order valence-corrected chi connectivity index (χ2v) is 13.7. The van der Waals surface area contributed by atoms with Gasteiger partial charge in [-0.15, -0.1) is 0 Å². The monoisotopic (exact) mass is 478 g/mol. The summed E-state index contributed by atoms with van der Waals surface area (Å²) in [6.07, 6.45) is 1.02. The molecule has 0 aromatic heterocycles. The summed E-state index contributed by atoms with van der Waals surface area (Å²) in [7, 11) is -7.43. The third-order valence-corrected chi connectivity index (χ3v) is 9.29. The Labute approximate surface area is 193 Å². The highest BCUT2D eigenvalue weighted by molar-refractivity contribution is 7.92. The van der Waals surface area contributed by atoms with Crippen LogP contribution in [-0.2, 0) is 25.5 Å². The highest BCUT2D eigenvalue weighted by Gasteiger charge is 2.31. The highest BCUT2D eigenvalue weighted by Crippen LogP contribution is 2.29. The van der Waals surface area contributed by atoms with Gasteiger partial charge in [0.2, 0.25) is 10.0 Å². The molecular formula is C24H34N2O4S2. The zero-order chi connectivity index (χ0) is 23.9. The molecular weight excluding hydrogens is 444 g/mol. The van der Waals surface area contributed by atoms with E-state index < -0.39 is 20.0 Å². The topological polar surface area (TPSA) is 83.5 Å². The fraction of sp³-hybridized carbons (Fsp3) is 0.500. The second-order valence-electron chi connectivity index (χ2n) is 10.1. The van der Waals surface area contributed by atoms with Gasteiger partial charge in [0.1, 0.15) is 0 Å². The molecule has 0 amide bonds. The third kappa shape index (κ3) is 5.35. The van der Waals surface area contributed by atoms with Crippen LogP contribution in [0.4, 0.5) is 5.69 Å². The van der Waals surface area contributed by atoms with E-state index in [1.54, 1.807) is 13.0 Å². The van der Waals surface area contributed by atoms with Crippen LogP contribution in [0.3, 0.4) is 0 Å². The molecule has 1 fully saturated rings. The SMILES string of the molecule is Cc1ccc(C(C)(C)C)cc1S(=O)(=O)Nc1ccc(S(=O)(=O)N2CC(C)CC(C)C2)cc1. The molecule has 0 spiro atoms. The maximum atomic E-state index is 13.1. The van der Waals surface area contributed by atoms with Crippen LogP contribution in [0.2, 0.25) is 0 Å². The molecule has 0 saturated carbocycles. The van der Waals surface area contributed by atoms with E-state index in [1.807, 2.05) is 32.9 Å². The Morgan fingerprint density at radius 2 is 1.47 bits per heavy atom. The highest BCUT2D eigenvalue weighted by atomic mass is 32.2. The van der Waals surface area contributed by atoms with E-state index in [2.05, 4.69) is 18.6 Å². The fourth-order valence-electron chi connectivity index (χ4n) is 4.21. The lowest BCUT2D eigenvalue weighted by molar-refractivity contribution is 0.222. The Balaban J connectivity index is 1.84. The van der Waals surface area contributed by atoms with E-state index in [-0.39, 0.29) is 15.2 Å². The molecule has 1 heterocycles. The molecule has 3 rings (SSSR count). The normalized spacial score (nSPS) is 20.8. The zero-order valence-corrected chi connectivity index (χ0v) is 21.3. The van der Waals surface area contributed by atoms with Crippen molar-refractivity contribution in [3.63, 3.8) is 0 Å². The van der Waals surface area contributed by atoms with Crippen LogP contribution in [0, 0.1) is 18.8 Å². The van der Waals surface area contributed by atoms with E-state index in [0.29, 0.717) is 36.2 Å². The first kappa shape index (κ1) is 24.7. The Bertz CT molecular complexity index is 1170. The molecule has 0 radical (unpaired) electrons. The van der Waals surface area contributed by atoms with Crippen LogP contribution in [0.1, 0.15) is 52.2 Å². The van der Waals surface area contributed by atoms with Gasteiger partial charge in [0.05, 0.1) is 9.79 Å². The predicted octanol–water partition coefficient (Wildman–Crippen LogP) is 4.76. The van der Waals surface area contributed by atoms with Crippen molar-refractivity contribution in [1.82, 2.24) is 4.31 Å². The lowest BCUT2D eigenvalue weighted by atomic mass is 9.87. The van der Waals surface area contributed by atoms with Crippen molar-refractivity contribution in [2.24, 2.45) is 11.8 Å². The molecule has 1 aliphatic rings. The Kier molecular flexibility index (Phi) is 6.80. The largest absolute Gasteiger partial charge is 0.280 e. The summed E-state index contributed by atoms with van der Waals surface area (Å²) >= 11 is 0. The molecule has 32 heavy (non-hydrogen) atoms. The summed E-state index contributed by atoms with van der Waals surface area (Å²) in [5.74, 6) is 0.624. The summed E-state index contributed by atoms with van der Waals surface area (Å²) < 4.78 is 56.4. The van der Waals surface area contributed by atoms with Crippen LogP contribution in [-0.4, -0.2) is 34.2 Å². The van der Waals surface area contributed by atoms with Crippen LogP contribution in [0.25, 0.3) is 0 Å². The first-order valence-electron chi connectivity index (χ1n) is 10.9. The Morgan fingerprint density at radius 3 is 2.00 bits per heavy atom. The van der Waals surface area contributed by atoms with Gasteiger partial charge in [-0.05, 0) is 72.1 Å². The van der Waals surface area contributed by atoms with E-state index >= 15 is 0 Å². The lowest BCUT2D eigenvalue weighted by Crippen LogP contribution is -2.42. The molecule has 2 aromatic rings. The molecule has 6 nitrogen and oxygen atoms in total. The maximum absolute atomic E-state index is 13.1. The number of benzene rings is 2. The number of hydrogen-bond donors (Lipinski definition) is 1. The molecule has 176 valence electrons. The number of piperidine rings is 1. The van der Waals surface area contributed by atoms with Crippen molar-refractivity contribution in [2.75, 3.05) is 17.8 Å². The van der Waals surface area contributed by atoms with Crippen LogP contribution in [0.5, 0.6) is 0 Å². The first-order chi connectivity index (χ1) is 14.7. The number of sulfonamides is 2. The summed E-state index contributed by atoms with van der Waals surface area (Å²) in [4.78, 5) is 0.394. The average Bonchev–Trinajstić information content (AvgIpc) is 2.66. The lowest BCUT2D eigenvalue weighted by Gasteiger charge is -2.34. The van der Waals surface area contributed by atoms with Gasteiger partial charge in [-0.3, -0.25) is 4.72 Å². The zero-order valence-electron chi connectivity index (χ0n) is 19.7. The average molecular weight is 479 g/mol. The van der Waals surface area contributed by atoms with Gasteiger partial charge < -0.3 is 0 Å². The van der Waals surface area contributed by atoms with E-state index in [0.717, 1.165) is 12.0 Å². The molecule has 1 N–H and O–H groups in total.